The van der Waals surface area contributed by atoms with Crippen molar-refractivity contribution < 1.29 is 18.5 Å². The Kier molecular flexibility index (Phi) is 4.79. The Morgan fingerprint density at radius 1 is 1.21 bits per heavy atom. The van der Waals surface area contributed by atoms with Gasteiger partial charge in [-0.2, -0.15) is 0 Å². The lowest BCUT2D eigenvalue weighted by Crippen LogP contribution is -2.43. The molecule has 0 aromatic rings. The number of methoxy groups -OCH3 is 2. The Hall–Kier alpha value is -0.260. The average molecular weight is 288 g/mol. The Morgan fingerprint density at radius 3 is 2.21 bits per heavy atom. The number of Topliss-reactive ketones (excluding diaryl/α,β-unsaturated/α-hetero) is 1. The van der Waals surface area contributed by atoms with Gasteiger partial charge in [-0.05, 0) is 32.6 Å². The van der Waals surface area contributed by atoms with Crippen LogP contribution in [0.5, 0.6) is 0 Å². The largest absolute Gasteiger partial charge is 0.353 e. The predicted octanol–water partition coefficient (Wildman–Crippen LogP) is 2.03. The van der Waals surface area contributed by atoms with E-state index in [0.717, 1.165) is 32.1 Å². The zero-order valence-corrected chi connectivity index (χ0v) is 12.8. The molecule has 0 amide bonds. The van der Waals surface area contributed by atoms with E-state index >= 15 is 0 Å². The Balaban J connectivity index is 1.99. The van der Waals surface area contributed by atoms with Crippen LogP contribution in [-0.2, 0) is 25.1 Å². The van der Waals surface area contributed by atoms with Crippen LogP contribution in [0.15, 0.2) is 0 Å². The molecule has 2 aliphatic rings. The molecular formula is C14H24O4S. The SMILES string of the molecule is COC(C)(CC(=O)C1CC2CCCC(C1)S2=O)OC. The van der Waals surface area contributed by atoms with E-state index in [0.29, 0.717) is 0 Å². The molecule has 0 spiro atoms. The molecule has 2 bridgehead atoms. The normalized spacial score (nSPS) is 35.1. The summed E-state index contributed by atoms with van der Waals surface area (Å²) >= 11 is 0. The molecule has 0 aromatic heterocycles. The molecule has 0 aromatic carbocycles. The molecule has 0 saturated carbocycles. The van der Waals surface area contributed by atoms with Gasteiger partial charge in [0, 0.05) is 41.4 Å². The molecule has 2 fully saturated rings. The summed E-state index contributed by atoms with van der Waals surface area (Å²) in [6, 6.07) is 0. The summed E-state index contributed by atoms with van der Waals surface area (Å²) in [5, 5.41) is 0.468. The molecule has 0 N–H and O–H groups in total. The van der Waals surface area contributed by atoms with Crippen LogP contribution in [0.25, 0.3) is 0 Å². The van der Waals surface area contributed by atoms with Crippen molar-refractivity contribution >= 4 is 16.6 Å². The van der Waals surface area contributed by atoms with Gasteiger partial charge in [0.2, 0.25) is 0 Å². The summed E-state index contributed by atoms with van der Waals surface area (Å²) < 4.78 is 22.6. The van der Waals surface area contributed by atoms with Gasteiger partial charge in [0.25, 0.3) is 0 Å². The van der Waals surface area contributed by atoms with Gasteiger partial charge in [-0.25, -0.2) is 0 Å². The fourth-order valence-corrected chi connectivity index (χ4v) is 5.37. The first-order chi connectivity index (χ1) is 8.99. The van der Waals surface area contributed by atoms with E-state index in [-0.39, 0.29) is 28.6 Å². The average Bonchev–Trinajstić information content (AvgIpc) is 2.38. The zero-order valence-electron chi connectivity index (χ0n) is 12.0. The van der Waals surface area contributed by atoms with Crippen molar-refractivity contribution in [3.8, 4) is 0 Å². The first-order valence-corrected chi connectivity index (χ1v) is 8.29. The Bertz CT molecular complexity index is 348. The third kappa shape index (κ3) is 3.26. The number of hydrogen-bond donors (Lipinski definition) is 0. The second-order valence-electron chi connectivity index (χ2n) is 5.86. The van der Waals surface area contributed by atoms with Crippen molar-refractivity contribution in [2.45, 2.75) is 61.7 Å². The summed E-state index contributed by atoms with van der Waals surface area (Å²) in [7, 11) is 2.40. The molecule has 0 radical (unpaired) electrons. The standard InChI is InChI=1S/C14H24O4S/c1-14(17-2,18-3)9-13(15)10-7-11-5-4-6-12(8-10)19(11)16/h10-12H,4-9H2,1-3H3. The molecule has 2 saturated heterocycles. The van der Waals surface area contributed by atoms with Crippen LogP contribution in [0.2, 0.25) is 0 Å². The van der Waals surface area contributed by atoms with Crippen molar-refractivity contribution in [2.24, 2.45) is 5.92 Å². The molecule has 5 heteroatoms. The first-order valence-electron chi connectivity index (χ1n) is 7.01. The number of rotatable bonds is 5. The van der Waals surface area contributed by atoms with Gasteiger partial charge in [-0.15, -0.1) is 0 Å². The molecule has 2 aliphatic heterocycles. The molecule has 4 nitrogen and oxygen atoms in total. The third-order valence-electron chi connectivity index (χ3n) is 4.62. The highest BCUT2D eigenvalue weighted by Gasteiger charge is 2.41. The number of ketones is 1. The minimum absolute atomic E-state index is 0.0395. The van der Waals surface area contributed by atoms with Gasteiger partial charge in [0.15, 0.2) is 5.79 Å². The monoisotopic (exact) mass is 288 g/mol. The maximum Gasteiger partial charge on any atom is 0.171 e. The van der Waals surface area contributed by atoms with Crippen LogP contribution >= 0.6 is 0 Å². The molecule has 2 heterocycles. The van der Waals surface area contributed by atoms with E-state index in [1.165, 1.54) is 0 Å². The second kappa shape index (κ2) is 6.02. The van der Waals surface area contributed by atoms with E-state index in [2.05, 4.69) is 0 Å². The van der Waals surface area contributed by atoms with Gasteiger partial charge in [-0.1, -0.05) is 6.42 Å². The van der Waals surface area contributed by atoms with Crippen LogP contribution in [0.1, 0.15) is 45.4 Å². The van der Waals surface area contributed by atoms with Crippen molar-refractivity contribution in [3.63, 3.8) is 0 Å². The molecule has 19 heavy (non-hydrogen) atoms. The highest BCUT2D eigenvalue weighted by atomic mass is 32.2. The second-order valence-corrected chi connectivity index (χ2v) is 7.85. The molecule has 110 valence electrons. The fraction of sp³-hybridized carbons (Fsp3) is 0.929. The number of hydrogen-bond acceptors (Lipinski definition) is 4. The smallest absolute Gasteiger partial charge is 0.171 e. The number of ether oxygens (including phenoxy) is 2. The Labute approximate surface area is 117 Å². The van der Waals surface area contributed by atoms with E-state index < -0.39 is 16.6 Å². The van der Waals surface area contributed by atoms with Crippen molar-refractivity contribution in [1.29, 1.82) is 0 Å². The predicted molar refractivity (Wildman–Crippen MR) is 74.3 cm³/mol. The highest BCUT2D eigenvalue weighted by molar-refractivity contribution is 7.86. The highest BCUT2D eigenvalue weighted by Crippen LogP contribution is 2.38. The van der Waals surface area contributed by atoms with Crippen molar-refractivity contribution in [2.75, 3.05) is 14.2 Å². The molecule has 2 rings (SSSR count). The van der Waals surface area contributed by atoms with E-state index in [1.54, 1.807) is 21.1 Å². The summed E-state index contributed by atoms with van der Waals surface area (Å²) in [6.07, 6.45) is 5.03. The quantitative estimate of drug-likeness (QED) is 0.726. The number of fused-ring (bicyclic) bond motifs is 2. The minimum Gasteiger partial charge on any atom is -0.353 e. The maximum atomic E-state index is 12.4. The van der Waals surface area contributed by atoms with Gasteiger partial charge >= 0.3 is 0 Å². The van der Waals surface area contributed by atoms with Gasteiger partial charge in [0.1, 0.15) is 5.78 Å². The van der Waals surface area contributed by atoms with Gasteiger partial charge in [-0.3, -0.25) is 9.00 Å². The topological polar surface area (TPSA) is 52.6 Å². The van der Waals surface area contributed by atoms with Crippen LogP contribution < -0.4 is 0 Å². The van der Waals surface area contributed by atoms with Crippen LogP contribution in [0, 0.1) is 5.92 Å². The van der Waals surface area contributed by atoms with E-state index in [1.807, 2.05) is 0 Å². The summed E-state index contributed by atoms with van der Waals surface area (Å²) in [4.78, 5) is 12.4. The molecule has 2 atom stereocenters. The molecule has 2 unspecified atom stereocenters. The first kappa shape index (κ1) is 15.1. The maximum absolute atomic E-state index is 12.4. The lowest BCUT2D eigenvalue weighted by Gasteiger charge is -2.38. The van der Waals surface area contributed by atoms with E-state index in [4.69, 9.17) is 9.47 Å². The van der Waals surface area contributed by atoms with Crippen molar-refractivity contribution in [1.82, 2.24) is 0 Å². The van der Waals surface area contributed by atoms with Crippen molar-refractivity contribution in [3.05, 3.63) is 0 Å². The molecular weight excluding hydrogens is 264 g/mol. The molecule has 0 aliphatic carbocycles. The third-order valence-corrected chi connectivity index (χ3v) is 6.79. The summed E-state index contributed by atoms with van der Waals surface area (Å²) in [5.74, 6) is -0.597. The van der Waals surface area contributed by atoms with Crippen LogP contribution in [0.4, 0.5) is 0 Å². The van der Waals surface area contributed by atoms with Crippen LogP contribution in [-0.4, -0.2) is 40.5 Å². The van der Waals surface area contributed by atoms with Gasteiger partial charge in [0.05, 0.1) is 6.42 Å². The number of carbonyl (C=O) groups excluding carboxylic acids is 1. The van der Waals surface area contributed by atoms with E-state index in [9.17, 15) is 9.00 Å². The summed E-state index contributed by atoms with van der Waals surface area (Å²) in [5.41, 5.74) is 0. The fourth-order valence-electron chi connectivity index (χ4n) is 3.19. The van der Waals surface area contributed by atoms with Gasteiger partial charge < -0.3 is 9.47 Å². The lowest BCUT2D eigenvalue weighted by atomic mass is 9.84. The zero-order chi connectivity index (χ0) is 14.0. The summed E-state index contributed by atoms with van der Waals surface area (Å²) in [6.45, 7) is 1.78. The minimum atomic E-state index is -0.831. The number of carbonyl (C=O) groups is 1. The van der Waals surface area contributed by atoms with Crippen LogP contribution in [0.3, 0.4) is 0 Å². The Morgan fingerprint density at radius 2 is 1.74 bits per heavy atom. The lowest BCUT2D eigenvalue weighted by molar-refractivity contribution is -0.198.